The third kappa shape index (κ3) is 2.64. The highest BCUT2D eigenvalue weighted by molar-refractivity contribution is 6.30. The largest absolute Gasteiger partial charge is 0.349 e. The van der Waals surface area contributed by atoms with E-state index in [4.69, 9.17) is 11.6 Å². The predicted octanol–water partition coefficient (Wildman–Crippen LogP) is 3.89. The molecule has 2 fully saturated rings. The molecule has 1 amide bonds. The molecule has 0 saturated heterocycles. The summed E-state index contributed by atoms with van der Waals surface area (Å²) < 4.78 is 0. The number of amides is 1. The van der Waals surface area contributed by atoms with Crippen molar-refractivity contribution < 1.29 is 4.79 Å². The molecule has 2 nitrogen and oxygen atoms in total. The maximum atomic E-state index is 12.2. The molecule has 0 aromatic heterocycles. The lowest BCUT2D eigenvalue weighted by Gasteiger charge is -2.28. The maximum Gasteiger partial charge on any atom is 0.251 e. The Morgan fingerprint density at radius 1 is 1.37 bits per heavy atom. The number of carbonyl (C=O) groups excluding carboxylic acids is 1. The normalized spacial score (nSPS) is 30.3. The van der Waals surface area contributed by atoms with Crippen molar-refractivity contribution in [2.45, 2.75) is 38.6 Å². The quantitative estimate of drug-likeness (QED) is 0.892. The molecule has 19 heavy (non-hydrogen) atoms. The number of nitrogens with one attached hydrogen (secondary N) is 1. The first-order chi connectivity index (χ1) is 9.13. The number of halogens is 1. The first-order valence-electron chi connectivity index (χ1n) is 7.20. The van der Waals surface area contributed by atoms with Crippen LogP contribution in [0, 0.1) is 17.8 Å². The minimum Gasteiger partial charge on any atom is -0.349 e. The van der Waals surface area contributed by atoms with Crippen molar-refractivity contribution in [1.29, 1.82) is 0 Å². The van der Waals surface area contributed by atoms with E-state index in [-0.39, 0.29) is 11.9 Å². The molecule has 1 aromatic carbocycles. The van der Waals surface area contributed by atoms with E-state index >= 15 is 0 Å². The van der Waals surface area contributed by atoms with Gasteiger partial charge in [0.25, 0.3) is 5.91 Å². The molecule has 0 aliphatic heterocycles. The van der Waals surface area contributed by atoms with Crippen molar-refractivity contribution in [1.82, 2.24) is 5.32 Å². The molecule has 102 valence electrons. The fraction of sp³-hybridized carbons (Fsp3) is 0.562. The van der Waals surface area contributed by atoms with Gasteiger partial charge < -0.3 is 5.32 Å². The molecular formula is C16H20ClNO. The van der Waals surface area contributed by atoms with Crippen LogP contribution in [0.25, 0.3) is 0 Å². The smallest absolute Gasteiger partial charge is 0.251 e. The molecule has 0 unspecified atom stereocenters. The highest BCUT2D eigenvalue weighted by Gasteiger charge is 2.42. The number of hydrogen-bond acceptors (Lipinski definition) is 1. The predicted molar refractivity (Wildman–Crippen MR) is 77.3 cm³/mol. The second-order valence-corrected chi connectivity index (χ2v) is 6.55. The van der Waals surface area contributed by atoms with Gasteiger partial charge in [0.1, 0.15) is 0 Å². The van der Waals surface area contributed by atoms with E-state index in [1.54, 1.807) is 12.1 Å². The van der Waals surface area contributed by atoms with Crippen molar-refractivity contribution in [3.8, 4) is 0 Å². The number of rotatable bonds is 3. The number of carbonyl (C=O) groups is 1. The van der Waals surface area contributed by atoms with E-state index in [1.165, 1.54) is 25.7 Å². The van der Waals surface area contributed by atoms with E-state index in [0.717, 1.165) is 11.8 Å². The zero-order valence-corrected chi connectivity index (χ0v) is 12.0. The number of fused-ring (bicyclic) bond motifs is 2. The highest BCUT2D eigenvalue weighted by Crippen LogP contribution is 2.49. The van der Waals surface area contributed by atoms with Crippen LogP contribution in [-0.4, -0.2) is 11.9 Å². The van der Waals surface area contributed by atoms with Gasteiger partial charge in [-0.3, -0.25) is 4.79 Å². The van der Waals surface area contributed by atoms with Crippen LogP contribution in [0.3, 0.4) is 0 Å². The van der Waals surface area contributed by atoms with Crippen molar-refractivity contribution in [3.63, 3.8) is 0 Å². The van der Waals surface area contributed by atoms with E-state index in [1.807, 2.05) is 12.1 Å². The van der Waals surface area contributed by atoms with Crippen LogP contribution < -0.4 is 5.32 Å². The molecule has 0 spiro atoms. The molecule has 2 saturated carbocycles. The van der Waals surface area contributed by atoms with Gasteiger partial charge in [-0.15, -0.1) is 0 Å². The summed E-state index contributed by atoms with van der Waals surface area (Å²) in [6.45, 7) is 2.15. The Morgan fingerprint density at radius 2 is 2.21 bits per heavy atom. The summed E-state index contributed by atoms with van der Waals surface area (Å²) in [4.78, 5) is 12.2. The van der Waals surface area contributed by atoms with Gasteiger partial charge in [-0.05, 0) is 62.1 Å². The van der Waals surface area contributed by atoms with Crippen molar-refractivity contribution in [2.24, 2.45) is 17.8 Å². The molecule has 2 bridgehead atoms. The number of hydrogen-bond donors (Lipinski definition) is 1. The lowest BCUT2D eigenvalue weighted by molar-refractivity contribution is 0.0915. The Balaban J connectivity index is 1.63. The lowest BCUT2D eigenvalue weighted by Crippen LogP contribution is -2.40. The average Bonchev–Trinajstić information content (AvgIpc) is 3.00. The molecule has 3 heteroatoms. The van der Waals surface area contributed by atoms with Gasteiger partial charge in [-0.2, -0.15) is 0 Å². The fourth-order valence-corrected chi connectivity index (χ4v) is 4.12. The third-order valence-corrected chi connectivity index (χ3v) is 5.12. The molecule has 1 N–H and O–H groups in total. The summed E-state index contributed by atoms with van der Waals surface area (Å²) in [6, 6.07) is 7.41. The van der Waals surface area contributed by atoms with Gasteiger partial charge in [0.15, 0.2) is 0 Å². The summed E-state index contributed by atoms with van der Waals surface area (Å²) in [7, 11) is 0. The SMILES string of the molecule is C[C@@H](NC(=O)c1cccc(Cl)c1)[C@H]1C[C@H]2CC[C@H]1C2. The average molecular weight is 278 g/mol. The molecular weight excluding hydrogens is 258 g/mol. The summed E-state index contributed by atoms with van der Waals surface area (Å²) in [5, 5.41) is 3.76. The van der Waals surface area contributed by atoms with E-state index in [0.29, 0.717) is 16.5 Å². The Morgan fingerprint density at radius 3 is 2.84 bits per heavy atom. The zero-order valence-electron chi connectivity index (χ0n) is 11.2. The molecule has 3 rings (SSSR count). The minimum atomic E-state index is -0.00206. The second-order valence-electron chi connectivity index (χ2n) is 6.11. The van der Waals surface area contributed by atoms with Gasteiger partial charge >= 0.3 is 0 Å². The van der Waals surface area contributed by atoms with Gasteiger partial charge in [-0.1, -0.05) is 24.1 Å². The van der Waals surface area contributed by atoms with Crippen molar-refractivity contribution >= 4 is 17.5 Å². The van der Waals surface area contributed by atoms with Crippen molar-refractivity contribution in [2.75, 3.05) is 0 Å². The van der Waals surface area contributed by atoms with Crippen LogP contribution in [0.1, 0.15) is 43.0 Å². The third-order valence-electron chi connectivity index (χ3n) is 4.88. The van der Waals surface area contributed by atoms with Gasteiger partial charge in [0.05, 0.1) is 0 Å². The Hall–Kier alpha value is -1.02. The van der Waals surface area contributed by atoms with E-state index in [2.05, 4.69) is 12.2 Å². The molecule has 0 heterocycles. The van der Waals surface area contributed by atoms with E-state index in [9.17, 15) is 4.79 Å². The fourth-order valence-electron chi connectivity index (χ4n) is 3.93. The van der Waals surface area contributed by atoms with Crippen LogP contribution in [0.5, 0.6) is 0 Å². The second kappa shape index (κ2) is 5.16. The summed E-state index contributed by atoms with van der Waals surface area (Å²) >= 11 is 5.92. The molecule has 2 aliphatic carbocycles. The Kier molecular flexibility index (Phi) is 3.53. The van der Waals surface area contributed by atoms with Crippen molar-refractivity contribution in [3.05, 3.63) is 34.9 Å². The van der Waals surface area contributed by atoms with Gasteiger partial charge in [0, 0.05) is 16.6 Å². The lowest BCUT2D eigenvalue weighted by atomic mass is 9.84. The monoisotopic (exact) mass is 277 g/mol. The molecule has 0 radical (unpaired) electrons. The summed E-state index contributed by atoms with van der Waals surface area (Å²) in [6.07, 6.45) is 5.42. The standard InChI is InChI=1S/C16H20ClNO/c1-10(15-8-11-5-6-12(15)7-11)18-16(19)13-3-2-4-14(17)9-13/h2-4,9-12,15H,5-8H2,1H3,(H,18,19)/t10-,11+,12+,15-/m1/s1. The molecule has 2 aliphatic rings. The van der Waals surface area contributed by atoms with Crippen LogP contribution in [0.2, 0.25) is 5.02 Å². The highest BCUT2D eigenvalue weighted by atomic mass is 35.5. The first-order valence-corrected chi connectivity index (χ1v) is 7.57. The first kappa shape index (κ1) is 13.0. The van der Waals surface area contributed by atoms with Gasteiger partial charge in [0.2, 0.25) is 0 Å². The van der Waals surface area contributed by atoms with Crippen LogP contribution >= 0.6 is 11.6 Å². The van der Waals surface area contributed by atoms with Gasteiger partial charge in [-0.25, -0.2) is 0 Å². The van der Waals surface area contributed by atoms with Crippen LogP contribution in [0.4, 0.5) is 0 Å². The molecule has 4 atom stereocenters. The zero-order chi connectivity index (χ0) is 13.4. The summed E-state index contributed by atoms with van der Waals surface area (Å²) in [5.41, 5.74) is 0.655. The summed E-state index contributed by atoms with van der Waals surface area (Å²) in [5.74, 6) is 2.42. The maximum absolute atomic E-state index is 12.2. The van der Waals surface area contributed by atoms with Crippen LogP contribution in [0.15, 0.2) is 24.3 Å². The van der Waals surface area contributed by atoms with E-state index < -0.39 is 0 Å². The Labute approximate surface area is 119 Å². The van der Waals surface area contributed by atoms with Crippen LogP contribution in [-0.2, 0) is 0 Å². The molecule has 1 aromatic rings. The Bertz CT molecular complexity index is 487. The topological polar surface area (TPSA) is 29.1 Å². The number of benzene rings is 1. The minimum absolute atomic E-state index is 0.00206.